The van der Waals surface area contributed by atoms with E-state index in [4.69, 9.17) is 5.53 Å². The molecule has 2 heterocycles. The maximum atomic E-state index is 8.41. The summed E-state index contributed by atoms with van der Waals surface area (Å²) in [5.41, 5.74) is 12.2. The van der Waals surface area contributed by atoms with E-state index >= 15 is 0 Å². The average Bonchev–Trinajstić information content (AvgIpc) is 2.80. The van der Waals surface area contributed by atoms with Crippen LogP contribution in [0.25, 0.3) is 21.7 Å². The normalized spacial score (nSPS) is 9.94. The fourth-order valence-corrected chi connectivity index (χ4v) is 1.71. The number of aromatic nitrogens is 3. The fraction of sp³-hybridized carbons (Fsp3) is 0.273. The standard InChI is InChI=1S/C11H12N6/c1-2-10-9(7-14-17-12)11(16-15-10)8-3-5-13-6-4-8/h3-6H,2,7H2,1H3,(H,15,16). The van der Waals surface area contributed by atoms with Gasteiger partial charge in [0.1, 0.15) is 0 Å². The largest absolute Gasteiger partial charge is 0.282 e. The minimum Gasteiger partial charge on any atom is -0.282 e. The smallest absolute Gasteiger partial charge is 0.0957 e. The Balaban J connectivity index is 2.47. The van der Waals surface area contributed by atoms with Crippen molar-refractivity contribution in [1.29, 1.82) is 0 Å². The van der Waals surface area contributed by atoms with Crippen molar-refractivity contribution >= 4 is 0 Å². The lowest BCUT2D eigenvalue weighted by molar-refractivity contribution is 0.944. The highest BCUT2D eigenvalue weighted by Crippen LogP contribution is 2.24. The second-order valence-corrected chi connectivity index (χ2v) is 3.51. The molecule has 0 aliphatic rings. The molecule has 0 radical (unpaired) electrons. The number of nitrogens with one attached hydrogen (secondary N) is 1. The number of azide groups is 1. The van der Waals surface area contributed by atoms with Crippen LogP contribution in [-0.2, 0) is 13.0 Å². The van der Waals surface area contributed by atoms with Gasteiger partial charge in [-0.25, -0.2) is 0 Å². The van der Waals surface area contributed by atoms with Crippen LogP contribution in [-0.4, -0.2) is 15.2 Å². The van der Waals surface area contributed by atoms with Crippen molar-refractivity contribution in [3.63, 3.8) is 0 Å². The molecule has 2 rings (SSSR count). The zero-order valence-corrected chi connectivity index (χ0v) is 9.46. The molecule has 1 N–H and O–H groups in total. The molecule has 0 aliphatic heterocycles. The molecule has 86 valence electrons. The van der Waals surface area contributed by atoms with E-state index in [1.54, 1.807) is 12.4 Å². The van der Waals surface area contributed by atoms with Gasteiger partial charge < -0.3 is 0 Å². The zero-order chi connectivity index (χ0) is 12.1. The Kier molecular flexibility index (Phi) is 3.37. The summed E-state index contributed by atoms with van der Waals surface area (Å²) in [4.78, 5) is 6.76. The monoisotopic (exact) mass is 228 g/mol. The minimum atomic E-state index is 0.313. The lowest BCUT2D eigenvalue weighted by atomic mass is 10.1. The van der Waals surface area contributed by atoms with E-state index in [0.717, 1.165) is 28.9 Å². The molecule has 0 saturated carbocycles. The number of aromatic amines is 1. The Morgan fingerprint density at radius 1 is 1.41 bits per heavy atom. The molecule has 0 aromatic carbocycles. The Morgan fingerprint density at radius 2 is 2.18 bits per heavy atom. The van der Waals surface area contributed by atoms with Crippen molar-refractivity contribution in [3.05, 3.63) is 46.2 Å². The molecular weight excluding hydrogens is 216 g/mol. The molecular formula is C11H12N6. The number of hydrogen-bond acceptors (Lipinski definition) is 3. The molecule has 0 fully saturated rings. The molecule has 0 atom stereocenters. The Morgan fingerprint density at radius 3 is 2.82 bits per heavy atom. The summed E-state index contributed by atoms with van der Waals surface area (Å²) in [6.45, 7) is 2.34. The first kappa shape index (κ1) is 11.2. The molecule has 0 amide bonds. The first-order valence-electron chi connectivity index (χ1n) is 5.34. The van der Waals surface area contributed by atoms with Crippen molar-refractivity contribution in [1.82, 2.24) is 15.2 Å². The first-order valence-corrected chi connectivity index (χ1v) is 5.34. The molecule has 6 nitrogen and oxygen atoms in total. The van der Waals surface area contributed by atoms with Gasteiger partial charge in [-0.15, -0.1) is 0 Å². The molecule has 2 aromatic heterocycles. The second kappa shape index (κ2) is 5.14. The Labute approximate surface area is 98.3 Å². The maximum absolute atomic E-state index is 8.41. The quantitative estimate of drug-likeness (QED) is 0.495. The minimum absolute atomic E-state index is 0.313. The number of aryl methyl sites for hydroxylation is 1. The van der Waals surface area contributed by atoms with Crippen molar-refractivity contribution in [2.24, 2.45) is 5.11 Å². The van der Waals surface area contributed by atoms with Crippen LogP contribution in [0, 0.1) is 0 Å². The summed E-state index contributed by atoms with van der Waals surface area (Å²) in [5.74, 6) is 0. The van der Waals surface area contributed by atoms with E-state index in [-0.39, 0.29) is 0 Å². The number of rotatable bonds is 4. The molecule has 6 heteroatoms. The van der Waals surface area contributed by atoms with Crippen LogP contribution in [0.4, 0.5) is 0 Å². The van der Waals surface area contributed by atoms with Gasteiger partial charge in [-0.05, 0) is 24.1 Å². The first-order chi connectivity index (χ1) is 8.36. The van der Waals surface area contributed by atoms with Gasteiger partial charge in [0.05, 0.1) is 12.2 Å². The highest BCUT2D eigenvalue weighted by molar-refractivity contribution is 5.63. The van der Waals surface area contributed by atoms with Gasteiger partial charge in [0, 0.05) is 34.1 Å². The third-order valence-electron chi connectivity index (χ3n) is 2.55. The molecule has 0 unspecified atom stereocenters. The number of hydrogen-bond donors (Lipinski definition) is 1. The van der Waals surface area contributed by atoms with Gasteiger partial charge in [-0.3, -0.25) is 10.1 Å². The summed E-state index contributed by atoms with van der Waals surface area (Å²) >= 11 is 0. The molecule has 0 aliphatic carbocycles. The Bertz CT molecular complexity index is 538. The predicted octanol–water partition coefficient (Wildman–Crippen LogP) is 2.84. The summed E-state index contributed by atoms with van der Waals surface area (Å²) in [7, 11) is 0. The van der Waals surface area contributed by atoms with Crippen LogP contribution in [0.1, 0.15) is 18.2 Å². The summed E-state index contributed by atoms with van der Waals surface area (Å²) in [6.07, 6.45) is 4.26. The molecule has 17 heavy (non-hydrogen) atoms. The third-order valence-corrected chi connectivity index (χ3v) is 2.55. The second-order valence-electron chi connectivity index (χ2n) is 3.51. The fourth-order valence-electron chi connectivity index (χ4n) is 1.71. The number of nitrogens with zero attached hydrogens (tertiary/aromatic N) is 5. The van der Waals surface area contributed by atoms with E-state index in [2.05, 4.69) is 25.2 Å². The zero-order valence-electron chi connectivity index (χ0n) is 9.46. The molecule has 0 bridgehead atoms. The van der Waals surface area contributed by atoms with Crippen molar-refractivity contribution in [2.45, 2.75) is 19.9 Å². The molecule has 0 saturated heterocycles. The van der Waals surface area contributed by atoms with Gasteiger partial charge in [0.15, 0.2) is 0 Å². The van der Waals surface area contributed by atoms with Crippen LogP contribution in [0.15, 0.2) is 29.6 Å². The average molecular weight is 228 g/mol. The van der Waals surface area contributed by atoms with E-state index in [1.165, 1.54) is 0 Å². The lowest BCUT2D eigenvalue weighted by Gasteiger charge is -2.00. The van der Waals surface area contributed by atoms with Crippen LogP contribution >= 0.6 is 0 Å². The summed E-state index contributed by atoms with van der Waals surface area (Å²) in [5, 5.41) is 10.9. The van der Waals surface area contributed by atoms with Gasteiger partial charge in [-0.1, -0.05) is 12.0 Å². The SMILES string of the molecule is CCc1[nH]nc(-c2ccncc2)c1CN=[N+]=[N-]. The van der Waals surface area contributed by atoms with Gasteiger partial charge >= 0.3 is 0 Å². The van der Waals surface area contributed by atoms with Crippen LogP contribution in [0.2, 0.25) is 0 Å². The third kappa shape index (κ3) is 2.26. The van der Waals surface area contributed by atoms with Gasteiger partial charge in [-0.2, -0.15) is 5.10 Å². The number of H-pyrrole nitrogens is 1. The summed E-state index contributed by atoms with van der Waals surface area (Å²) < 4.78 is 0. The summed E-state index contributed by atoms with van der Waals surface area (Å²) in [6, 6.07) is 3.77. The predicted molar refractivity (Wildman–Crippen MR) is 64.0 cm³/mol. The lowest BCUT2D eigenvalue weighted by Crippen LogP contribution is -1.90. The molecule has 2 aromatic rings. The van der Waals surface area contributed by atoms with E-state index in [1.807, 2.05) is 19.1 Å². The van der Waals surface area contributed by atoms with E-state index < -0.39 is 0 Å². The van der Waals surface area contributed by atoms with E-state index in [0.29, 0.717) is 6.54 Å². The number of pyridine rings is 1. The molecule has 0 spiro atoms. The van der Waals surface area contributed by atoms with Crippen molar-refractivity contribution < 1.29 is 0 Å². The van der Waals surface area contributed by atoms with Crippen molar-refractivity contribution in [2.75, 3.05) is 0 Å². The van der Waals surface area contributed by atoms with Crippen LogP contribution in [0.3, 0.4) is 0 Å². The highest BCUT2D eigenvalue weighted by Gasteiger charge is 2.12. The Hall–Kier alpha value is -2.33. The van der Waals surface area contributed by atoms with Crippen LogP contribution < -0.4 is 0 Å². The maximum Gasteiger partial charge on any atom is 0.0957 e. The van der Waals surface area contributed by atoms with Gasteiger partial charge in [0.25, 0.3) is 0 Å². The topological polar surface area (TPSA) is 90.3 Å². The highest BCUT2D eigenvalue weighted by atomic mass is 15.2. The van der Waals surface area contributed by atoms with Crippen molar-refractivity contribution in [3.8, 4) is 11.3 Å². The van der Waals surface area contributed by atoms with Gasteiger partial charge in [0.2, 0.25) is 0 Å². The van der Waals surface area contributed by atoms with Crippen LogP contribution in [0.5, 0.6) is 0 Å². The van der Waals surface area contributed by atoms with E-state index in [9.17, 15) is 0 Å².